The number of hydrogen-bond acceptors (Lipinski definition) is 4. The molecule has 2 rings (SSSR count). The minimum absolute atomic E-state index is 0.826. The zero-order chi connectivity index (χ0) is 9.10. The third kappa shape index (κ3) is 2.44. The van der Waals surface area contributed by atoms with E-state index in [1.807, 2.05) is 12.1 Å². The van der Waals surface area contributed by atoms with Gasteiger partial charge >= 0.3 is 0 Å². The van der Waals surface area contributed by atoms with Crippen LogP contribution in [-0.2, 0) is 6.42 Å². The molecule has 0 atom stereocenters. The minimum Gasteiger partial charge on any atom is -0.265 e. The highest BCUT2D eigenvalue weighted by Gasteiger charge is 2.01. The summed E-state index contributed by atoms with van der Waals surface area (Å²) in [6, 6.07) is 3.99. The van der Waals surface area contributed by atoms with E-state index in [1.165, 1.54) is 17.1 Å². The molecular weight excluding hydrogens is 297 g/mol. The first kappa shape index (κ1) is 9.01. The summed E-state index contributed by atoms with van der Waals surface area (Å²) in [6.45, 7) is 0. The van der Waals surface area contributed by atoms with E-state index in [1.54, 1.807) is 12.4 Å². The molecule has 66 valence electrons. The molecule has 0 radical (unpaired) electrons. The lowest BCUT2D eigenvalue weighted by atomic mass is 10.2. The van der Waals surface area contributed by atoms with Crippen molar-refractivity contribution in [2.75, 3.05) is 0 Å². The molecule has 0 spiro atoms. The summed E-state index contributed by atoms with van der Waals surface area (Å²) in [6.07, 6.45) is 4.44. The van der Waals surface area contributed by atoms with Gasteiger partial charge in [0.1, 0.15) is 5.01 Å². The first-order valence-electron chi connectivity index (χ1n) is 3.71. The van der Waals surface area contributed by atoms with E-state index in [-0.39, 0.29) is 0 Å². The van der Waals surface area contributed by atoms with Crippen LogP contribution in [0.15, 0.2) is 24.5 Å². The lowest BCUT2D eigenvalue weighted by Gasteiger charge is -1.94. The van der Waals surface area contributed by atoms with Crippen LogP contribution in [0.1, 0.15) is 10.6 Å². The molecule has 13 heavy (non-hydrogen) atoms. The molecule has 0 aliphatic carbocycles. The average molecular weight is 303 g/mol. The van der Waals surface area contributed by atoms with E-state index in [2.05, 4.69) is 36.9 Å². The third-order valence-corrected chi connectivity index (χ3v) is 3.07. The number of aromatic nitrogens is 3. The molecule has 0 fully saturated rings. The van der Waals surface area contributed by atoms with Gasteiger partial charge in [-0.15, -0.1) is 0 Å². The highest BCUT2D eigenvalue weighted by molar-refractivity contribution is 14.1. The van der Waals surface area contributed by atoms with Gasteiger partial charge in [-0.25, -0.2) is 4.98 Å². The molecule has 2 aromatic rings. The Morgan fingerprint density at radius 2 is 2.08 bits per heavy atom. The van der Waals surface area contributed by atoms with Crippen molar-refractivity contribution in [3.8, 4) is 0 Å². The van der Waals surface area contributed by atoms with Crippen molar-refractivity contribution in [2.24, 2.45) is 0 Å². The highest BCUT2D eigenvalue weighted by atomic mass is 127. The van der Waals surface area contributed by atoms with E-state index in [4.69, 9.17) is 0 Å². The molecule has 0 unspecified atom stereocenters. The maximum Gasteiger partial charge on any atom is 0.203 e. The molecule has 0 saturated carbocycles. The van der Waals surface area contributed by atoms with Crippen molar-refractivity contribution < 1.29 is 0 Å². The predicted molar refractivity (Wildman–Crippen MR) is 59.7 cm³/mol. The van der Waals surface area contributed by atoms with Gasteiger partial charge in [0.25, 0.3) is 0 Å². The molecule has 0 N–H and O–H groups in total. The van der Waals surface area contributed by atoms with Gasteiger partial charge < -0.3 is 0 Å². The normalized spacial score (nSPS) is 10.2. The van der Waals surface area contributed by atoms with Crippen LogP contribution in [-0.4, -0.2) is 14.3 Å². The molecule has 0 bridgehead atoms. The second-order valence-corrected chi connectivity index (χ2v) is 4.29. The van der Waals surface area contributed by atoms with Crippen LogP contribution in [0, 0.1) is 3.83 Å². The Hall–Kier alpha value is -0.560. The summed E-state index contributed by atoms with van der Waals surface area (Å²) in [4.78, 5) is 8.24. The smallest absolute Gasteiger partial charge is 0.203 e. The van der Waals surface area contributed by atoms with E-state index in [9.17, 15) is 0 Å². The van der Waals surface area contributed by atoms with Gasteiger partial charge in [-0.1, -0.05) is 0 Å². The van der Waals surface area contributed by atoms with Gasteiger partial charge in [-0.3, -0.25) is 4.98 Å². The Morgan fingerprint density at radius 3 is 2.69 bits per heavy atom. The van der Waals surface area contributed by atoms with Crippen LogP contribution in [0.25, 0.3) is 0 Å². The van der Waals surface area contributed by atoms with E-state index in [0.717, 1.165) is 15.3 Å². The van der Waals surface area contributed by atoms with Gasteiger partial charge in [-0.05, 0) is 29.2 Å². The van der Waals surface area contributed by atoms with Crippen molar-refractivity contribution in [2.45, 2.75) is 6.42 Å². The molecule has 5 heteroatoms. The Kier molecular flexibility index (Phi) is 2.84. The highest BCUT2D eigenvalue weighted by Crippen LogP contribution is 2.11. The van der Waals surface area contributed by atoms with E-state index in [0.29, 0.717) is 0 Å². The first-order chi connectivity index (χ1) is 6.34. The van der Waals surface area contributed by atoms with Gasteiger partial charge in [0.15, 0.2) is 0 Å². The van der Waals surface area contributed by atoms with Crippen molar-refractivity contribution >= 4 is 34.1 Å². The number of pyridine rings is 1. The van der Waals surface area contributed by atoms with E-state index >= 15 is 0 Å². The van der Waals surface area contributed by atoms with Crippen LogP contribution >= 0.6 is 34.1 Å². The summed E-state index contributed by atoms with van der Waals surface area (Å²) < 4.78 is 4.94. The van der Waals surface area contributed by atoms with E-state index < -0.39 is 0 Å². The standard InChI is InChI=1S/C8H6IN3S/c9-8-11-7(13-12-8)5-6-1-3-10-4-2-6/h1-4H,5H2. The van der Waals surface area contributed by atoms with Gasteiger partial charge in [0.05, 0.1) is 0 Å². The molecular formula is C8H6IN3S. The fourth-order valence-corrected chi connectivity index (χ4v) is 2.31. The molecule has 0 saturated heterocycles. The SMILES string of the molecule is Ic1nsc(Cc2ccncc2)n1. The van der Waals surface area contributed by atoms with Gasteiger partial charge in [0.2, 0.25) is 3.83 Å². The maximum atomic E-state index is 4.28. The number of hydrogen-bond donors (Lipinski definition) is 0. The van der Waals surface area contributed by atoms with Crippen LogP contribution in [0.4, 0.5) is 0 Å². The van der Waals surface area contributed by atoms with Gasteiger partial charge in [-0.2, -0.15) is 4.37 Å². The molecule has 0 aliphatic rings. The summed E-state index contributed by atoms with van der Waals surface area (Å²) in [5, 5.41) is 1.05. The second kappa shape index (κ2) is 4.10. The van der Waals surface area contributed by atoms with Crippen molar-refractivity contribution in [3.05, 3.63) is 38.9 Å². The fourth-order valence-electron chi connectivity index (χ4n) is 0.981. The Morgan fingerprint density at radius 1 is 1.31 bits per heavy atom. The molecule has 2 heterocycles. The summed E-state index contributed by atoms with van der Waals surface area (Å²) >= 11 is 3.57. The number of rotatable bonds is 2. The van der Waals surface area contributed by atoms with Crippen LogP contribution in [0.5, 0.6) is 0 Å². The molecule has 0 amide bonds. The van der Waals surface area contributed by atoms with Crippen LogP contribution in [0.2, 0.25) is 0 Å². The predicted octanol–water partition coefficient (Wildman–Crippen LogP) is 2.13. The Bertz CT molecular complexity index is 387. The van der Waals surface area contributed by atoms with Crippen LogP contribution < -0.4 is 0 Å². The summed E-state index contributed by atoms with van der Waals surface area (Å²) in [5.74, 6) is 0. The lowest BCUT2D eigenvalue weighted by Crippen LogP contribution is -1.87. The maximum absolute atomic E-state index is 4.28. The van der Waals surface area contributed by atoms with Crippen molar-refractivity contribution in [1.29, 1.82) is 0 Å². The summed E-state index contributed by atoms with van der Waals surface area (Å²) in [5.41, 5.74) is 1.22. The third-order valence-electron chi connectivity index (χ3n) is 1.55. The molecule has 0 aliphatic heterocycles. The Labute approximate surface area is 93.6 Å². The van der Waals surface area contributed by atoms with Crippen molar-refractivity contribution in [3.63, 3.8) is 0 Å². The zero-order valence-electron chi connectivity index (χ0n) is 6.64. The first-order valence-corrected chi connectivity index (χ1v) is 5.57. The number of nitrogens with zero attached hydrogens (tertiary/aromatic N) is 3. The fraction of sp³-hybridized carbons (Fsp3) is 0.125. The summed E-state index contributed by atoms with van der Waals surface area (Å²) in [7, 11) is 0. The minimum atomic E-state index is 0.826. The van der Waals surface area contributed by atoms with Gasteiger partial charge in [0, 0.05) is 41.4 Å². The average Bonchev–Trinajstić information content (AvgIpc) is 2.53. The molecule has 2 aromatic heterocycles. The zero-order valence-corrected chi connectivity index (χ0v) is 9.62. The molecule has 3 nitrogen and oxygen atoms in total. The monoisotopic (exact) mass is 303 g/mol. The topological polar surface area (TPSA) is 38.7 Å². The van der Waals surface area contributed by atoms with Crippen LogP contribution in [0.3, 0.4) is 0 Å². The Balaban J connectivity index is 2.15. The largest absolute Gasteiger partial charge is 0.265 e. The quantitative estimate of drug-likeness (QED) is 0.798. The van der Waals surface area contributed by atoms with Crippen molar-refractivity contribution in [1.82, 2.24) is 14.3 Å². The lowest BCUT2D eigenvalue weighted by molar-refractivity contribution is 1.09. The molecule has 0 aromatic carbocycles. The second-order valence-electron chi connectivity index (χ2n) is 2.49. The number of halogens is 1.